The average molecular weight is 339 g/mol. The van der Waals surface area contributed by atoms with Crippen LogP contribution < -0.4 is 10.6 Å². The maximum atomic E-state index is 5.54. The molecular formula is C17H33N5O2. The van der Waals surface area contributed by atoms with Gasteiger partial charge in [-0.25, -0.2) is 0 Å². The molecule has 7 nitrogen and oxygen atoms in total. The molecule has 0 fully saturated rings. The van der Waals surface area contributed by atoms with Crippen molar-refractivity contribution in [2.24, 2.45) is 10.4 Å². The van der Waals surface area contributed by atoms with E-state index in [1.54, 1.807) is 14.2 Å². The van der Waals surface area contributed by atoms with E-state index in [2.05, 4.69) is 60.4 Å². The molecule has 138 valence electrons. The minimum Gasteiger partial charge on any atom is -0.379 e. The van der Waals surface area contributed by atoms with Crippen molar-refractivity contribution in [1.29, 1.82) is 0 Å². The van der Waals surface area contributed by atoms with Crippen molar-refractivity contribution < 1.29 is 9.26 Å². The Kier molecular flexibility index (Phi) is 8.18. The number of ether oxygens (including phenoxy) is 1. The van der Waals surface area contributed by atoms with Gasteiger partial charge >= 0.3 is 0 Å². The molecule has 7 heteroatoms. The molecule has 0 saturated carbocycles. The Bertz CT molecular complexity index is 505. The molecule has 0 aliphatic heterocycles. The van der Waals surface area contributed by atoms with Gasteiger partial charge in [-0.15, -0.1) is 0 Å². The summed E-state index contributed by atoms with van der Waals surface area (Å²) in [5.74, 6) is 2.52. The summed E-state index contributed by atoms with van der Waals surface area (Å²) in [5, 5.41) is 10.6. The Morgan fingerprint density at radius 3 is 2.50 bits per heavy atom. The molecule has 0 aromatic carbocycles. The smallest absolute Gasteiger partial charge is 0.226 e. The summed E-state index contributed by atoms with van der Waals surface area (Å²) in [6.45, 7) is 12.1. The standard InChI is InChI=1S/C17H33N5O2/c1-12(2)15-21-14(24-22-15)9-8-10-19-16(18-6)20-11-13(23-7)17(3,4)5/h12-13H,8-11H2,1-7H3,(H2,18,19,20). The first kappa shape index (κ1) is 20.4. The van der Waals surface area contributed by atoms with E-state index in [4.69, 9.17) is 9.26 Å². The molecule has 2 N–H and O–H groups in total. The van der Waals surface area contributed by atoms with Gasteiger partial charge in [0, 0.05) is 39.6 Å². The van der Waals surface area contributed by atoms with Crippen LogP contribution in [0.2, 0.25) is 0 Å². The number of hydrogen-bond donors (Lipinski definition) is 2. The van der Waals surface area contributed by atoms with Gasteiger partial charge in [-0.1, -0.05) is 39.8 Å². The number of methoxy groups -OCH3 is 1. The highest BCUT2D eigenvalue weighted by Crippen LogP contribution is 2.20. The molecule has 1 aromatic heterocycles. The molecule has 24 heavy (non-hydrogen) atoms. The highest BCUT2D eigenvalue weighted by molar-refractivity contribution is 5.79. The van der Waals surface area contributed by atoms with E-state index in [1.165, 1.54) is 0 Å². The van der Waals surface area contributed by atoms with Gasteiger partial charge in [-0.05, 0) is 11.8 Å². The van der Waals surface area contributed by atoms with E-state index in [0.717, 1.165) is 31.2 Å². The van der Waals surface area contributed by atoms with Crippen LogP contribution in [0.25, 0.3) is 0 Å². The second-order valence-corrected chi connectivity index (χ2v) is 7.27. The van der Waals surface area contributed by atoms with Crippen LogP contribution in [0.1, 0.15) is 58.7 Å². The molecule has 0 spiro atoms. The number of guanidine groups is 1. The second kappa shape index (κ2) is 9.61. The lowest BCUT2D eigenvalue weighted by Crippen LogP contribution is -2.45. The van der Waals surface area contributed by atoms with Crippen molar-refractivity contribution >= 4 is 5.96 Å². The first-order valence-corrected chi connectivity index (χ1v) is 8.57. The maximum Gasteiger partial charge on any atom is 0.226 e. The summed E-state index contributed by atoms with van der Waals surface area (Å²) in [4.78, 5) is 8.61. The molecule has 1 rings (SSSR count). The zero-order valence-electron chi connectivity index (χ0n) is 16.1. The van der Waals surface area contributed by atoms with Crippen LogP contribution in [0, 0.1) is 5.41 Å². The summed E-state index contributed by atoms with van der Waals surface area (Å²) in [6, 6.07) is 0. The summed E-state index contributed by atoms with van der Waals surface area (Å²) < 4.78 is 10.8. The molecule has 0 radical (unpaired) electrons. The van der Waals surface area contributed by atoms with Crippen molar-refractivity contribution in [2.45, 2.75) is 59.5 Å². The number of hydrogen-bond acceptors (Lipinski definition) is 5. The Labute approximate surface area is 145 Å². The minimum absolute atomic E-state index is 0.0761. The quantitative estimate of drug-likeness (QED) is 0.430. The van der Waals surface area contributed by atoms with Crippen LogP contribution >= 0.6 is 0 Å². The second-order valence-electron chi connectivity index (χ2n) is 7.27. The zero-order chi connectivity index (χ0) is 18.2. The molecule has 0 aliphatic carbocycles. The Morgan fingerprint density at radius 2 is 2.00 bits per heavy atom. The van der Waals surface area contributed by atoms with Crippen LogP contribution in [0.15, 0.2) is 9.52 Å². The van der Waals surface area contributed by atoms with Gasteiger partial charge in [0.15, 0.2) is 11.8 Å². The van der Waals surface area contributed by atoms with Crippen molar-refractivity contribution in [3.8, 4) is 0 Å². The summed E-state index contributed by atoms with van der Waals surface area (Å²) in [6.07, 6.45) is 1.77. The highest BCUT2D eigenvalue weighted by Gasteiger charge is 2.24. The summed E-state index contributed by atoms with van der Waals surface area (Å²) in [5.41, 5.74) is 0.0761. The Balaban J connectivity index is 2.31. The summed E-state index contributed by atoms with van der Waals surface area (Å²) >= 11 is 0. The molecule has 0 saturated heterocycles. The van der Waals surface area contributed by atoms with Crippen molar-refractivity contribution in [3.63, 3.8) is 0 Å². The monoisotopic (exact) mass is 339 g/mol. The molecule has 1 atom stereocenters. The predicted octanol–water partition coefficient (Wildman–Crippen LogP) is 2.35. The van der Waals surface area contributed by atoms with Gasteiger partial charge in [-0.2, -0.15) is 4.98 Å². The van der Waals surface area contributed by atoms with Crippen molar-refractivity contribution in [1.82, 2.24) is 20.8 Å². The molecular weight excluding hydrogens is 306 g/mol. The minimum atomic E-state index is 0.0761. The molecule has 1 unspecified atom stereocenters. The average Bonchev–Trinajstić information content (AvgIpc) is 2.97. The molecule has 0 amide bonds. The number of aryl methyl sites for hydroxylation is 1. The largest absolute Gasteiger partial charge is 0.379 e. The Morgan fingerprint density at radius 1 is 1.29 bits per heavy atom. The van der Waals surface area contributed by atoms with Gasteiger partial charge < -0.3 is 19.9 Å². The van der Waals surface area contributed by atoms with E-state index in [-0.39, 0.29) is 11.5 Å². The van der Waals surface area contributed by atoms with Crippen LogP contribution in [0.3, 0.4) is 0 Å². The third-order valence-corrected chi connectivity index (χ3v) is 3.79. The van der Waals surface area contributed by atoms with Gasteiger partial charge in [-0.3, -0.25) is 4.99 Å². The lowest BCUT2D eigenvalue weighted by atomic mass is 9.89. The fraction of sp³-hybridized carbons (Fsp3) is 0.824. The number of rotatable bonds is 8. The van der Waals surface area contributed by atoms with Gasteiger partial charge in [0.1, 0.15) is 0 Å². The predicted molar refractivity (Wildman–Crippen MR) is 96.3 cm³/mol. The first-order chi connectivity index (χ1) is 11.3. The number of aliphatic imine (C=N–C) groups is 1. The van der Waals surface area contributed by atoms with Crippen LogP contribution in [0.4, 0.5) is 0 Å². The third kappa shape index (κ3) is 6.86. The maximum absolute atomic E-state index is 5.54. The van der Waals surface area contributed by atoms with Crippen LogP contribution in [-0.4, -0.2) is 49.5 Å². The van der Waals surface area contributed by atoms with E-state index >= 15 is 0 Å². The van der Waals surface area contributed by atoms with Gasteiger partial charge in [0.2, 0.25) is 5.89 Å². The normalized spacial score (nSPS) is 14.1. The SMILES string of the molecule is CN=C(NCCCc1nc(C(C)C)no1)NCC(OC)C(C)(C)C. The topological polar surface area (TPSA) is 84.6 Å². The lowest BCUT2D eigenvalue weighted by Gasteiger charge is -2.30. The summed E-state index contributed by atoms with van der Waals surface area (Å²) in [7, 11) is 3.50. The van der Waals surface area contributed by atoms with E-state index in [9.17, 15) is 0 Å². The molecule has 1 aromatic rings. The highest BCUT2D eigenvalue weighted by atomic mass is 16.5. The van der Waals surface area contributed by atoms with E-state index in [0.29, 0.717) is 18.4 Å². The molecule has 0 bridgehead atoms. The fourth-order valence-corrected chi connectivity index (χ4v) is 2.20. The van der Waals surface area contributed by atoms with Crippen molar-refractivity contribution in [3.05, 3.63) is 11.7 Å². The van der Waals surface area contributed by atoms with E-state index in [1.807, 2.05) is 0 Å². The van der Waals surface area contributed by atoms with Crippen molar-refractivity contribution in [2.75, 3.05) is 27.2 Å². The van der Waals surface area contributed by atoms with E-state index < -0.39 is 0 Å². The fourth-order valence-electron chi connectivity index (χ4n) is 2.20. The number of nitrogens with zero attached hydrogens (tertiary/aromatic N) is 3. The molecule has 1 heterocycles. The Hall–Kier alpha value is -1.63. The lowest BCUT2D eigenvalue weighted by molar-refractivity contribution is 0.0205. The van der Waals surface area contributed by atoms with Gasteiger partial charge in [0.05, 0.1) is 6.10 Å². The third-order valence-electron chi connectivity index (χ3n) is 3.79. The zero-order valence-corrected chi connectivity index (χ0v) is 16.1. The number of nitrogens with one attached hydrogen (secondary N) is 2. The first-order valence-electron chi connectivity index (χ1n) is 8.57. The molecule has 0 aliphatic rings. The van der Waals surface area contributed by atoms with Crippen LogP contribution in [-0.2, 0) is 11.2 Å². The number of aromatic nitrogens is 2. The van der Waals surface area contributed by atoms with Crippen LogP contribution in [0.5, 0.6) is 0 Å². The van der Waals surface area contributed by atoms with Gasteiger partial charge in [0.25, 0.3) is 0 Å².